The molecule has 6 nitrogen and oxygen atoms in total. The van der Waals surface area contributed by atoms with Gasteiger partial charge in [0.05, 0.1) is 23.8 Å². The van der Waals surface area contributed by atoms with Gasteiger partial charge in [-0.25, -0.2) is 4.79 Å². The molecule has 4 N–H and O–H groups in total. The van der Waals surface area contributed by atoms with Crippen LogP contribution in [0.4, 0.5) is 26.3 Å². The van der Waals surface area contributed by atoms with Gasteiger partial charge >= 0.3 is 18.3 Å². The van der Waals surface area contributed by atoms with E-state index >= 15 is 0 Å². The predicted molar refractivity (Wildman–Crippen MR) is 123 cm³/mol. The number of halogens is 6. The highest BCUT2D eigenvalue weighted by Gasteiger charge is 2.34. The molecule has 0 bridgehead atoms. The van der Waals surface area contributed by atoms with Gasteiger partial charge in [0, 0.05) is 5.56 Å². The number of carbonyl (C=O) groups excluding carboxylic acids is 2. The molecule has 2 rings (SSSR count). The number of hydrogen-bond donors (Lipinski definition) is 2. The highest BCUT2D eigenvalue weighted by Crippen LogP contribution is 2.35. The van der Waals surface area contributed by atoms with E-state index in [4.69, 9.17) is 11.5 Å². The van der Waals surface area contributed by atoms with Crippen molar-refractivity contribution in [3.63, 3.8) is 0 Å². The maximum absolute atomic E-state index is 12.8. The molecule has 0 fully saturated rings. The summed E-state index contributed by atoms with van der Waals surface area (Å²) in [4.78, 5) is 26.4. The van der Waals surface area contributed by atoms with Crippen LogP contribution in [0.2, 0.25) is 0 Å². The van der Waals surface area contributed by atoms with Crippen molar-refractivity contribution in [2.24, 2.45) is 16.5 Å². The molecular formula is C24H27F6N3O3. The van der Waals surface area contributed by atoms with Crippen molar-refractivity contribution >= 4 is 17.8 Å². The van der Waals surface area contributed by atoms with Gasteiger partial charge in [0.25, 0.3) is 5.91 Å². The Morgan fingerprint density at radius 1 is 0.806 bits per heavy atom. The van der Waals surface area contributed by atoms with Gasteiger partial charge in [0.1, 0.15) is 0 Å². The summed E-state index contributed by atoms with van der Waals surface area (Å²) in [5, 5.41) is 0. The molecule has 12 heteroatoms. The van der Waals surface area contributed by atoms with Crippen molar-refractivity contribution in [2.45, 2.75) is 52.9 Å². The third-order valence-corrected chi connectivity index (χ3v) is 5.14. The standard InChI is InChI=1S/C12H14F3N3O.C12H13F3O2/c1-3-7-4-6(2)9(12(13,14)15)5-8(7)10(19)18-11(16)17;1-4-8-5-7(2)10(12(13,14)15)6-9(8)11(16)17-3/h4-5H,3H2,1-2H3,(H4,16,17,18,19);5-6H,4H2,1-3H3. The lowest BCUT2D eigenvalue weighted by Crippen LogP contribution is -2.24. The summed E-state index contributed by atoms with van der Waals surface area (Å²) in [6, 6.07) is 4.37. The summed E-state index contributed by atoms with van der Waals surface area (Å²) in [6.45, 7) is 6.22. The molecule has 1 amide bonds. The first-order chi connectivity index (χ1) is 16.5. The van der Waals surface area contributed by atoms with Crippen molar-refractivity contribution in [1.82, 2.24) is 0 Å². The summed E-state index contributed by atoms with van der Waals surface area (Å²) in [7, 11) is 1.15. The molecule has 0 aliphatic heterocycles. The highest BCUT2D eigenvalue weighted by atomic mass is 19.4. The van der Waals surface area contributed by atoms with Crippen LogP contribution in [-0.4, -0.2) is 24.9 Å². The minimum atomic E-state index is -4.52. The van der Waals surface area contributed by atoms with Gasteiger partial charge in [0.2, 0.25) is 0 Å². The molecule has 0 spiro atoms. The van der Waals surface area contributed by atoms with E-state index in [9.17, 15) is 35.9 Å². The van der Waals surface area contributed by atoms with E-state index in [0.717, 1.165) is 19.2 Å². The molecule has 0 aliphatic rings. The fourth-order valence-electron chi connectivity index (χ4n) is 3.41. The van der Waals surface area contributed by atoms with Crippen LogP contribution < -0.4 is 11.5 Å². The van der Waals surface area contributed by atoms with Crippen LogP contribution >= 0.6 is 0 Å². The van der Waals surface area contributed by atoms with Crippen LogP contribution in [0.3, 0.4) is 0 Å². The van der Waals surface area contributed by atoms with Crippen LogP contribution in [0.15, 0.2) is 29.3 Å². The monoisotopic (exact) mass is 519 g/mol. The quantitative estimate of drug-likeness (QED) is 0.245. The molecule has 0 saturated heterocycles. The second-order valence-electron chi connectivity index (χ2n) is 7.68. The van der Waals surface area contributed by atoms with Gasteiger partial charge in [-0.3, -0.25) is 4.79 Å². The normalized spacial score (nSPS) is 11.3. The third-order valence-electron chi connectivity index (χ3n) is 5.14. The van der Waals surface area contributed by atoms with Crippen LogP contribution in [-0.2, 0) is 29.9 Å². The minimum Gasteiger partial charge on any atom is -0.465 e. The molecule has 0 heterocycles. The van der Waals surface area contributed by atoms with Gasteiger partial charge in [-0.1, -0.05) is 26.0 Å². The Bertz CT molecular complexity index is 1150. The maximum Gasteiger partial charge on any atom is 0.416 e. The van der Waals surface area contributed by atoms with Crippen molar-refractivity contribution in [2.75, 3.05) is 7.11 Å². The van der Waals surface area contributed by atoms with E-state index in [1.165, 1.54) is 26.0 Å². The van der Waals surface area contributed by atoms with E-state index in [0.29, 0.717) is 24.0 Å². The van der Waals surface area contributed by atoms with Crippen LogP contribution in [0.25, 0.3) is 0 Å². The zero-order chi connectivity index (χ0) is 28.0. The van der Waals surface area contributed by atoms with E-state index in [1.54, 1.807) is 13.8 Å². The lowest BCUT2D eigenvalue weighted by Gasteiger charge is -2.14. The zero-order valence-corrected chi connectivity index (χ0v) is 20.3. The Kier molecular flexibility index (Phi) is 10.1. The first kappa shape index (κ1) is 30.5. The van der Waals surface area contributed by atoms with Crippen molar-refractivity contribution in [3.8, 4) is 0 Å². The molecular weight excluding hydrogens is 492 g/mol. The predicted octanol–water partition coefficient (Wildman–Crippen LogP) is 5.35. The molecule has 2 aromatic rings. The number of benzene rings is 2. The van der Waals surface area contributed by atoms with E-state index < -0.39 is 41.3 Å². The van der Waals surface area contributed by atoms with E-state index in [1.807, 2.05) is 0 Å². The Morgan fingerprint density at radius 3 is 1.53 bits per heavy atom. The molecule has 0 unspecified atom stereocenters. The Labute approximate surface area is 204 Å². The average Bonchev–Trinajstić information content (AvgIpc) is 2.76. The lowest BCUT2D eigenvalue weighted by molar-refractivity contribution is -0.138. The summed E-state index contributed by atoms with van der Waals surface area (Å²) in [5.41, 5.74) is 9.52. The SMILES string of the molecule is CCc1cc(C)c(C(F)(F)F)cc1C(=O)N=C(N)N.CCc1cc(C)c(C(F)(F)F)cc1C(=O)OC. The maximum atomic E-state index is 12.8. The molecule has 198 valence electrons. The van der Waals surface area contributed by atoms with Crippen LogP contribution in [0, 0.1) is 13.8 Å². The highest BCUT2D eigenvalue weighted by molar-refractivity contribution is 6.03. The number of aryl methyl sites for hydroxylation is 4. The number of aliphatic imine (C=N–C) groups is 1. The second-order valence-corrected chi connectivity index (χ2v) is 7.68. The fraction of sp³-hybridized carbons (Fsp3) is 0.375. The van der Waals surface area contributed by atoms with E-state index in [-0.39, 0.29) is 22.3 Å². The Hall–Kier alpha value is -3.57. The second kappa shape index (κ2) is 11.9. The molecule has 36 heavy (non-hydrogen) atoms. The molecule has 0 radical (unpaired) electrons. The number of amides is 1. The third kappa shape index (κ3) is 7.72. The molecule has 2 aromatic carbocycles. The zero-order valence-electron chi connectivity index (χ0n) is 20.3. The average molecular weight is 519 g/mol. The smallest absolute Gasteiger partial charge is 0.416 e. The number of nitrogens with two attached hydrogens (primary N) is 2. The van der Waals surface area contributed by atoms with Gasteiger partial charge in [0.15, 0.2) is 5.96 Å². The molecule has 0 atom stereocenters. The topological polar surface area (TPSA) is 108 Å². The first-order valence-electron chi connectivity index (χ1n) is 10.6. The largest absolute Gasteiger partial charge is 0.465 e. The fourth-order valence-corrected chi connectivity index (χ4v) is 3.41. The molecule has 0 saturated carbocycles. The van der Waals surface area contributed by atoms with Gasteiger partial charge in [-0.15, -0.1) is 0 Å². The Morgan fingerprint density at radius 2 is 1.19 bits per heavy atom. The number of nitrogens with zero attached hydrogens (tertiary/aromatic N) is 1. The molecule has 0 aliphatic carbocycles. The van der Waals surface area contributed by atoms with Gasteiger partial charge in [-0.2, -0.15) is 31.3 Å². The number of alkyl halides is 6. The van der Waals surface area contributed by atoms with Crippen molar-refractivity contribution in [1.29, 1.82) is 0 Å². The number of ether oxygens (including phenoxy) is 1. The van der Waals surface area contributed by atoms with Crippen LogP contribution in [0.1, 0.15) is 67.9 Å². The summed E-state index contributed by atoms with van der Waals surface area (Å²) >= 11 is 0. The minimum absolute atomic E-state index is 0.0204. The number of esters is 1. The van der Waals surface area contributed by atoms with Crippen LogP contribution in [0.5, 0.6) is 0 Å². The lowest BCUT2D eigenvalue weighted by atomic mass is 9.97. The molecule has 0 aromatic heterocycles. The summed E-state index contributed by atoms with van der Waals surface area (Å²) in [6.07, 6.45) is -8.11. The number of guanidine groups is 1. The summed E-state index contributed by atoms with van der Waals surface area (Å²) < 4.78 is 80.9. The first-order valence-corrected chi connectivity index (χ1v) is 10.6. The number of carbonyl (C=O) groups is 2. The number of rotatable bonds is 4. The Balaban J connectivity index is 0.000000362. The van der Waals surface area contributed by atoms with Gasteiger partial charge < -0.3 is 16.2 Å². The van der Waals surface area contributed by atoms with Crippen molar-refractivity contribution < 1.29 is 40.7 Å². The summed E-state index contributed by atoms with van der Waals surface area (Å²) in [5.74, 6) is -2.10. The van der Waals surface area contributed by atoms with Gasteiger partial charge in [-0.05, 0) is 61.1 Å². The van der Waals surface area contributed by atoms with Crippen molar-refractivity contribution in [3.05, 3.63) is 68.8 Å². The number of hydrogen-bond acceptors (Lipinski definition) is 3. The van der Waals surface area contributed by atoms with E-state index in [2.05, 4.69) is 9.73 Å². The number of methoxy groups -OCH3 is 1.